The molecule has 0 amide bonds. The number of nitrogens with zero attached hydrogens (tertiary/aromatic N) is 4. The van der Waals surface area contributed by atoms with Crippen LogP contribution >= 0.6 is 11.6 Å². The number of benzene rings is 1. The Morgan fingerprint density at radius 3 is 2.84 bits per heavy atom. The Morgan fingerprint density at radius 2 is 2.05 bits per heavy atom. The van der Waals surface area contributed by atoms with Crippen molar-refractivity contribution in [2.45, 2.75) is 0 Å². The van der Waals surface area contributed by atoms with Gasteiger partial charge < -0.3 is 4.90 Å². The van der Waals surface area contributed by atoms with Gasteiger partial charge in [-0.1, -0.05) is 17.7 Å². The first-order valence-electron chi connectivity index (χ1n) is 5.94. The molecule has 3 aromatic rings. The fraction of sp³-hybridized carbons (Fsp3) is 0.143. The van der Waals surface area contributed by atoms with Crippen LogP contribution in [-0.2, 0) is 7.05 Å². The maximum Gasteiger partial charge on any atom is 0.181 e. The van der Waals surface area contributed by atoms with Crippen molar-refractivity contribution in [1.82, 2.24) is 14.8 Å². The fourth-order valence-corrected chi connectivity index (χ4v) is 2.29. The molecule has 96 valence electrons. The predicted molar refractivity (Wildman–Crippen MR) is 78.0 cm³/mol. The van der Waals surface area contributed by atoms with Gasteiger partial charge in [0.15, 0.2) is 5.82 Å². The zero-order chi connectivity index (χ0) is 13.4. The van der Waals surface area contributed by atoms with E-state index in [1.807, 2.05) is 60.1 Å². The minimum absolute atomic E-state index is 0.706. The van der Waals surface area contributed by atoms with E-state index in [4.69, 9.17) is 11.6 Å². The van der Waals surface area contributed by atoms with E-state index in [1.54, 1.807) is 6.20 Å². The van der Waals surface area contributed by atoms with Crippen molar-refractivity contribution in [1.29, 1.82) is 0 Å². The topological polar surface area (TPSA) is 34.0 Å². The van der Waals surface area contributed by atoms with Gasteiger partial charge in [-0.05, 0) is 30.3 Å². The van der Waals surface area contributed by atoms with E-state index in [9.17, 15) is 0 Å². The number of fused-ring (bicyclic) bond motifs is 1. The molecular formula is C14H13ClN4. The first-order valence-corrected chi connectivity index (χ1v) is 6.31. The average molecular weight is 273 g/mol. The molecule has 19 heavy (non-hydrogen) atoms. The van der Waals surface area contributed by atoms with Gasteiger partial charge in [0, 0.05) is 31.0 Å². The molecule has 0 aliphatic rings. The quantitative estimate of drug-likeness (QED) is 0.717. The molecule has 0 saturated heterocycles. The van der Waals surface area contributed by atoms with Gasteiger partial charge in [-0.2, -0.15) is 5.10 Å². The van der Waals surface area contributed by atoms with Crippen LogP contribution in [0.25, 0.3) is 11.0 Å². The van der Waals surface area contributed by atoms with Crippen molar-refractivity contribution >= 4 is 34.1 Å². The van der Waals surface area contributed by atoms with Gasteiger partial charge in [-0.25, -0.2) is 0 Å². The molecule has 3 rings (SSSR count). The van der Waals surface area contributed by atoms with Crippen LogP contribution in [0.5, 0.6) is 0 Å². The summed E-state index contributed by atoms with van der Waals surface area (Å²) in [6, 6.07) is 11.6. The van der Waals surface area contributed by atoms with Crippen LogP contribution in [0.1, 0.15) is 0 Å². The minimum Gasteiger partial charge on any atom is -0.326 e. The van der Waals surface area contributed by atoms with Crippen molar-refractivity contribution in [3.05, 3.63) is 47.6 Å². The highest BCUT2D eigenvalue weighted by Gasteiger charge is 2.14. The maximum absolute atomic E-state index is 6.03. The molecule has 2 aromatic heterocycles. The Labute approximate surface area is 116 Å². The molecule has 0 spiro atoms. The minimum atomic E-state index is 0.706. The van der Waals surface area contributed by atoms with Gasteiger partial charge in [-0.3, -0.25) is 9.67 Å². The Balaban J connectivity index is 2.14. The molecule has 0 aliphatic heterocycles. The summed E-state index contributed by atoms with van der Waals surface area (Å²) in [4.78, 5) is 6.40. The largest absolute Gasteiger partial charge is 0.326 e. The highest BCUT2D eigenvalue weighted by Crippen LogP contribution is 2.29. The van der Waals surface area contributed by atoms with Crippen molar-refractivity contribution in [3.63, 3.8) is 0 Å². The third-order valence-electron chi connectivity index (χ3n) is 3.10. The SMILES string of the molecule is CN(c1cccc(Cl)c1)c1nn(C)c2cccnc12. The Morgan fingerprint density at radius 1 is 1.21 bits per heavy atom. The Kier molecular flexibility index (Phi) is 2.87. The second kappa shape index (κ2) is 4.55. The first kappa shape index (κ1) is 12.0. The summed E-state index contributed by atoms with van der Waals surface area (Å²) in [5.74, 6) is 0.820. The van der Waals surface area contributed by atoms with Crippen LogP contribution in [0.3, 0.4) is 0 Å². The molecule has 0 N–H and O–H groups in total. The number of aryl methyl sites for hydroxylation is 1. The monoisotopic (exact) mass is 272 g/mol. The van der Waals surface area contributed by atoms with Crippen LogP contribution in [-0.4, -0.2) is 21.8 Å². The highest BCUT2D eigenvalue weighted by atomic mass is 35.5. The fourth-order valence-electron chi connectivity index (χ4n) is 2.11. The summed E-state index contributed by atoms with van der Waals surface area (Å²) in [6.45, 7) is 0. The van der Waals surface area contributed by atoms with E-state index in [2.05, 4.69) is 10.1 Å². The molecule has 0 aliphatic carbocycles. The molecule has 0 unspecified atom stereocenters. The standard InChI is InChI=1S/C14H13ClN4/c1-18(11-6-3-5-10(15)9-11)14-13-12(19(2)17-14)7-4-8-16-13/h3-9H,1-2H3. The molecule has 4 nitrogen and oxygen atoms in total. The lowest BCUT2D eigenvalue weighted by Gasteiger charge is -2.16. The summed E-state index contributed by atoms with van der Waals surface area (Å²) in [7, 11) is 3.88. The number of pyridine rings is 1. The number of hydrogen-bond acceptors (Lipinski definition) is 3. The van der Waals surface area contributed by atoms with E-state index < -0.39 is 0 Å². The van der Waals surface area contributed by atoms with Crippen LogP contribution in [0.15, 0.2) is 42.6 Å². The maximum atomic E-state index is 6.03. The van der Waals surface area contributed by atoms with E-state index in [1.165, 1.54) is 0 Å². The van der Waals surface area contributed by atoms with Crippen molar-refractivity contribution in [2.24, 2.45) is 7.05 Å². The van der Waals surface area contributed by atoms with Crippen molar-refractivity contribution in [2.75, 3.05) is 11.9 Å². The molecular weight excluding hydrogens is 260 g/mol. The van der Waals surface area contributed by atoms with Crippen LogP contribution in [0, 0.1) is 0 Å². The average Bonchev–Trinajstić information content (AvgIpc) is 2.76. The third kappa shape index (κ3) is 2.04. The Hall–Kier alpha value is -2.07. The van der Waals surface area contributed by atoms with E-state index >= 15 is 0 Å². The lowest BCUT2D eigenvalue weighted by atomic mass is 10.3. The number of aromatic nitrogens is 3. The second-order valence-electron chi connectivity index (χ2n) is 4.36. The summed E-state index contributed by atoms with van der Waals surface area (Å²) in [6.07, 6.45) is 1.78. The second-order valence-corrected chi connectivity index (χ2v) is 4.79. The molecule has 5 heteroatoms. The van der Waals surface area contributed by atoms with E-state index in [0.29, 0.717) is 5.02 Å². The first-order chi connectivity index (χ1) is 9.16. The number of rotatable bonds is 2. The molecule has 0 atom stereocenters. The summed E-state index contributed by atoms with van der Waals surface area (Å²) >= 11 is 6.03. The third-order valence-corrected chi connectivity index (χ3v) is 3.34. The van der Waals surface area contributed by atoms with Crippen LogP contribution in [0.4, 0.5) is 11.5 Å². The molecule has 2 heterocycles. The van der Waals surface area contributed by atoms with Gasteiger partial charge in [-0.15, -0.1) is 0 Å². The Bertz CT molecular complexity index is 735. The van der Waals surface area contributed by atoms with Crippen molar-refractivity contribution < 1.29 is 0 Å². The molecule has 1 aromatic carbocycles. The lowest BCUT2D eigenvalue weighted by molar-refractivity contribution is 0.793. The van der Waals surface area contributed by atoms with Gasteiger partial charge in [0.1, 0.15) is 5.52 Å². The lowest BCUT2D eigenvalue weighted by Crippen LogP contribution is -2.10. The van der Waals surface area contributed by atoms with Crippen molar-refractivity contribution in [3.8, 4) is 0 Å². The molecule has 0 bridgehead atoms. The van der Waals surface area contributed by atoms with Crippen LogP contribution in [0.2, 0.25) is 5.02 Å². The van der Waals surface area contributed by atoms with E-state index in [-0.39, 0.29) is 0 Å². The summed E-state index contributed by atoms with van der Waals surface area (Å²) in [5, 5.41) is 5.24. The van der Waals surface area contributed by atoms with E-state index in [0.717, 1.165) is 22.5 Å². The number of anilines is 2. The zero-order valence-electron chi connectivity index (χ0n) is 10.7. The van der Waals surface area contributed by atoms with Gasteiger partial charge in [0.2, 0.25) is 0 Å². The van der Waals surface area contributed by atoms with Crippen LogP contribution < -0.4 is 4.90 Å². The highest BCUT2D eigenvalue weighted by molar-refractivity contribution is 6.30. The zero-order valence-corrected chi connectivity index (χ0v) is 11.5. The molecule has 0 fully saturated rings. The predicted octanol–water partition coefficient (Wildman–Crippen LogP) is 3.39. The summed E-state index contributed by atoms with van der Waals surface area (Å²) in [5.41, 5.74) is 2.87. The van der Waals surface area contributed by atoms with Gasteiger partial charge >= 0.3 is 0 Å². The molecule has 0 radical (unpaired) electrons. The van der Waals surface area contributed by atoms with Gasteiger partial charge in [0.25, 0.3) is 0 Å². The summed E-state index contributed by atoms with van der Waals surface area (Å²) < 4.78 is 1.83. The number of hydrogen-bond donors (Lipinski definition) is 0. The number of halogens is 1. The molecule has 0 saturated carbocycles. The smallest absolute Gasteiger partial charge is 0.181 e. The van der Waals surface area contributed by atoms with Gasteiger partial charge in [0.05, 0.1) is 5.52 Å². The normalized spacial score (nSPS) is 10.9.